The molecule has 0 saturated heterocycles. The van der Waals surface area contributed by atoms with Gasteiger partial charge < -0.3 is 5.11 Å². The number of aliphatic hydroxyl groups excluding tert-OH is 1. The van der Waals surface area contributed by atoms with Gasteiger partial charge in [0.15, 0.2) is 0 Å². The Balaban J connectivity index is 2.14. The zero-order chi connectivity index (χ0) is 12.4. The minimum atomic E-state index is -0.210. The first-order chi connectivity index (χ1) is 8.08. The molecule has 1 aliphatic carbocycles. The summed E-state index contributed by atoms with van der Waals surface area (Å²) < 4.78 is 0. The summed E-state index contributed by atoms with van der Waals surface area (Å²) in [7, 11) is 0. The van der Waals surface area contributed by atoms with E-state index in [4.69, 9.17) is 23.2 Å². The molecular formula is C14H18Cl2O. The van der Waals surface area contributed by atoms with Crippen molar-refractivity contribution in [2.24, 2.45) is 11.8 Å². The van der Waals surface area contributed by atoms with Crippen molar-refractivity contribution >= 4 is 23.2 Å². The van der Waals surface area contributed by atoms with Gasteiger partial charge in [-0.1, -0.05) is 36.2 Å². The molecule has 0 aromatic heterocycles. The quantitative estimate of drug-likeness (QED) is 0.850. The van der Waals surface area contributed by atoms with Gasteiger partial charge in [-0.15, -0.1) is 0 Å². The summed E-state index contributed by atoms with van der Waals surface area (Å²) in [6.07, 6.45) is 3.65. The maximum absolute atomic E-state index is 10.0. The first-order valence-electron chi connectivity index (χ1n) is 6.19. The Kier molecular flexibility index (Phi) is 4.35. The van der Waals surface area contributed by atoms with Gasteiger partial charge in [-0.25, -0.2) is 0 Å². The van der Waals surface area contributed by atoms with E-state index >= 15 is 0 Å². The normalized spacial score (nSPS) is 29.3. The van der Waals surface area contributed by atoms with Gasteiger partial charge in [0.05, 0.1) is 6.10 Å². The fraction of sp³-hybridized carbons (Fsp3) is 0.571. The van der Waals surface area contributed by atoms with Crippen LogP contribution in [0.1, 0.15) is 31.7 Å². The summed E-state index contributed by atoms with van der Waals surface area (Å²) in [6.45, 7) is 2.24. The van der Waals surface area contributed by atoms with Crippen molar-refractivity contribution in [1.29, 1.82) is 0 Å². The zero-order valence-electron chi connectivity index (χ0n) is 10.00. The first kappa shape index (κ1) is 13.2. The SMILES string of the molecule is CC1CCC(O)C(Cc2c(Cl)cccc2Cl)C1. The second-order valence-corrected chi connectivity index (χ2v) is 5.96. The van der Waals surface area contributed by atoms with Crippen LogP contribution in [0.2, 0.25) is 10.0 Å². The zero-order valence-corrected chi connectivity index (χ0v) is 11.5. The predicted octanol–water partition coefficient (Wildman–Crippen LogP) is 4.33. The van der Waals surface area contributed by atoms with Crippen LogP contribution >= 0.6 is 23.2 Å². The lowest BCUT2D eigenvalue weighted by Crippen LogP contribution is -2.29. The predicted molar refractivity (Wildman–Crippen MR) is 72.7 cm³/mol. The van der Waals surface area contributed by atoms with Crippen LogP contribution in [-0.2, 0) is 6.42 Å². The molecule has 3 atom stereocenters. The van der Waals surface area contributed by atoms with Gasteiger partial charge >= 0.3 is 0 Å². The maximum Gasteiger partial charge on any atom is 0.0571 e. The van der Waals surface area contributed by atoms with Gasteiger partial charge in [-0.3, -0.25) is 0 Å². The molecule has 0 aliphatic heterocycles. The molecule has 1 aliphatic rings. The molecule has 1 aromatic carbocycles. The third-order valence-corrected chi connectivity index (χ3v) is 4.44. The van der Waals surface area contributed by atoms with Crippen LogP contribution < -0.4 is 0 Å². The summed E-state index contributed by atoms with van der Waals surface area (Å²) in [5, 5.41) is 11.5. The van der Waals surface area contributed by atoms with Crippen molar-refractivity contribution < 1.29 is 5.11 Å². The summed E-state index contributed by atoms with van der Waals surface area (Å²) in [6, 6.07) is 5.58. The molecule has 1 aromatic rings. The summed E-state index contributed by atoms with van der Waals surface area (Å²) >= 11 is 12.3. The van der Waals surface area contributed by atoms with Gasteiger partial charge in [0.1, 0.15) is 0 Å². The molecule has 0 amide bonds. The van der Waals surface area contributed by atoms with E-state index in [1.807, 2.05) is 18.2 Å². The monoisotopic (exact) mass is 272 g/mol. The Hall–Kier alpha value is -0.240. The molecule has 0 bridgehead atoms. The molecule has 0 radical (unpaired) electrons. The molecule has 1 saturated carbocycles. The van der Waals surface area contributed by atoms with Crippen LogP contribution in [0, 0.1) is 11.8 Å². The molecule has 1 nitrogen and oxygen atoms in total. The summed E-state index contributed by atoms with van der Waals surface area (Å²) in [5.74, 6) is 0.973. The summed E-state index contributed by atoms with van der Waals surface area (Å²) in [4.78, 5) is 0. The average Bonchev–Trinajstić information content (AvgIpc) is 2.28. The standard InChI is InChI=1S/C14H18Cl2O/c1-9-5-6-14(17)10(7-9)8-11-12(15)3-2-4-13(11)16/h2-4,9-10,14,17H,5-8H2,1H3. The highest BCUT2D eigenvalue weighted by Crippen LogP contribution is 2.35. The molecule has 17 heavy (non-hydrogen) atoms. The Bertz CT molecular complexity index is 372. The van der Waals surface area contributed by atoms with Gasteiger partial charge in [-0.05, 0) is 55.2 Å². The van der Waals surface area contributed by atoms with Gasteiger partial charge in [0, 0.05) is 10.0 Å². The van der Waals surface area contributed by atoms with E-state index < -0.39 is 0 Å². The van der Waals surface area contributed by atoms with Crippen LogP contribution in [0.15, 0.2) is 18.2 Å². The van der Waals surface area contributed by atoms with Crippen molar-refractivity contribution in [3.8, 4) is 0 Å². The van der Waals surface area contributed by atoms with E-state index in [1.165, 1.54) is 0 Å². The van der Waals surface area contributed by atoms with E-state index in [-0.39, 0.29) is 12.0 Å². The fourth-order valence-corrected chi connectivity index (χ4v) is 3.24. The van der Waals surface area contributed by atoms with Crippen LogP contribution in [0.5, 0.6) is 0 Å². The lowest BCUT2D eigenvalue weighted by molar-refractivity contribution is 0.0520. The molecule has 0 heterocycles. The molecule has 1 N–H and O–H groups in total. The van der Waals surface area contributed by atoms with E-state index in [9.17, 15) is 5.11 Å². The van der Waals surface area contributed by atoms with E-state index in [0.717, 1.165) is 31.2 Å². The largest absolute Gasteiger partial charge is 0.393 e. The van der Waals surface area contributed by atoms with Crippen LogP contribution in [0.3, 0.4) is 0 Å². The molecular weight excluding hydrogens is 255 g/mol. The van der Waals surface area contributed by atoms with Crippen molar-refractivity contribution in [2.45, 2.75) is 38.7 Å². The summed E-state index contributed by atoms with van der Waals surface area (Å²) in [5.41, 5.74) is 0.981. The highest BCUT2D eigenvalue weighted by molar-refractivity contribution is 6.35. The van der Waals surface area contributed by atoms with Crippen LogP contribution in [0.4, 0.5) is 0 Å². The molecule has 3 heteroatoms. The minimum absolute atomic E-state index is 0.210. The Morgan fingerprint density at radius 3 is 2.53 bits per heavy atom. The second kappa shape index (κ2) is 5.60. The van der Waals surface area contributed by atoms with Crippen molar-refractivity contribution in [3.05, 3.63) is 33.8 Å². The van der Waals surface area contributed by atoms with Crippen LogP contribution in [0.25, 0.3) is 0 Å². The van der Waals surface area contributed by atoms with E-state index in [2.05, 4.69) is 6.92 Å². The molecule has 3 unspecified atom stereocenters. The Labute approximate surface area is 113 Å². The number of aliphatic hydroxyl groups is 1. The number of halogens is 2. The number of rotatable bonds is 2. The molecule has 2 rings (SSSR count). The number of benzene rings is 1. The lowest BCUT2D eigenvalue weighted by atomic mass is 9.77. The first-order valence-corrected chi connectivity index (χ1v) is 6.94. The van der Waals surface area contributed by atoms with Gasteiger partial charge in [0.25, 0.3) is 0 Å². The van der Waals surface area contributed by atoms with Crippen molar-refractivity contribution in [3.63, 3.8) is 0 Å². The molecule has 0 spiro atoms. The Morgan fingerprint density at radius 1 is 1.24 bits per heavy atom. The number of hydrogen-bond donors (Lipinski definition) is 1. The molecule has 94 valence electrons. The second-order valence-electron chi connectivity index (χ2n) is 5.15. The van der Waals surface area contributed by atoms with Gasteiger partial charge in [0.2, 0.25) is 0 Å². The Morgan fingerprint density at radius 2 is 1.88 bits per heavy atom. The average molecular weight is 273 g/mol. The third-order valence-electron chi connectivity index (χ3n) is 3.73. The third kappa shape index (κ3) is 3.15. The van der Waals surface area contributed by atoms with E-state index in [1.54, 1.807) is 0 Å². The topological polar surface area (TPSA) is 20.2 Å². The smallest absolute Gasteiger partial charge is 0.0571 e. The highest BCUT2D eigenvalue weighted by Gasteiger charge is 2.28. The lowest BCUT2D eigenvalue weighted by Gasteiger charge is -2.32. The highest BCUT2D eigenvalue weighted by atomic mass is 35.5. The minimum Gasteiger partial charge on any atom is -0.393 e. The van der Waals surface area contributed by atoms with Crippen molar-refractivity contribution in [2.75, 3.05) is 0 Å². The van der Waals surface area contributed by atoms with Gasteiger partial charge in [-0.2, -0.15) is 0 Å². The van der Waals surface area contributed by atoms with Crippen LogP contribution in [-0.4, -0.2) is 11.2 Å². The van der Waals surface area contributed by atoms with E-state index in [0.29, 0.717) is 16.0 Å². The maximum atomic E-state index is 10.0. The number of hydrogen-bond acceptors (Lipinski definition) is 1. The molecule has 1 fully saturated rings. The fourth-order valence-electron chi connectivity index (χ4n) is 2.69. The van der Waals surface area contributed by atoms with Crippen molar-refractivity contribution in [1.82, 2.24) is 0 Å².